The van der Waals surface area contributed by atoms with E-state index in [0.717, 1.165) is 37.2 Å². The molecule has 0 aliphatic carbocycles. The average molecular weight is 505 g/mol. The first-order valence-electron chi connectivity index (χ1n) is 12.4. The van der Waals surface area contributed by atoms with Crippen LogP contribution in [0.1, 0.15) is 51.2 Å². The Bertz CT molecular complexity index is 1220. The van der Waals surface area contributed by atoms with E-state index in [1.54, 1.807) is 43.6 Å². The number of carbonyl (C=O) groups is 2. The van der Waals surface area contributed by atoms with Crippen LogP contribution in [0.2, 0.25) is 0 Å². The van der Waals surface area contributed by atoms with Crippen molar-refractivity contribution >= 4 is 23.2 Å². The summed E-state index contributed by atoms with van der Waals surface area (Å²) in [6.45, 7) is 1.45. The van der Waals surface area contributed by atoms with Crippen molar-refractivity contribution in [2.24, 2.45) is 5.92 Å². The van der Waals surface area contributed by atoms with Crippen LogP contribution in [0, 0.1) is 5.92 Å². The Hall–Kier alpha value is -3.32. The summed E-state index contributed by atoms with van der Waals surface area (Å²) in [6, 6.07) is 17.7. The van der Waals surface area contributed by atoms with Crippen LogP contribution in [-0.2, 0) is 11.2 Å². The number of carbonyl (C=O) groups excluding carboxylic acids is 2. The van der Waals surface area contributed by atoms with Crippen LogP contribution in [0.15, 0.2) is 60.0 Å². The molecule has 7 heteroatoms. The van der Waals surface area contributed by atoms with E-state index in [1.807, 2.05) is 34.5 Å². The molecule has 3 heterocycles. The van der Waals surface area contributed by atoms with Crippen LogP contribution in [-0.4, -0.2) is 56.0 Å². The Morgan fingerprint density at radius 2 is 1.69 bits per heavy atom. The number of rotatable bonds is 6. The maximum absolute atomic E-state index is 14.2. The van der Waals surface area contributed by atoms with Gasteiger partial charge in [0.15, 0.2) is 11.5 Å². The van der Waals surface area contributed by atoms with E-state index in [1.165, 1.54) is 5.56 Å². The summed E-state index contributed by atoms with van der Waals surface area (Å²) in [7, 11) is 4.92. The van der Waals surface area contributed by atoms with E-state index in [-0.39, 0.29) is 17.9 Å². The summed E-state index contributed by atoms with van der Waals surface area (Å²) in [6.07, 6.45) is 3.00. The lowest BCUT2D eigenvalue weighted by Crippen LogP contribution is -2.48. The first-order chi connectivity index (χ1) is 17.5. The number of amides is 2. The number of piperidine rings is 1. The highest BCUT2D eigenvalue weighted by atomic mass is 32.1. The van der Waals surface area contributed by atoms with Crippen LogP contribution in [0.3, 0.4) is 0 Å². The zero-order valence-electron chi connectivity index (χ0n) is 21.0. The van der Waals surface area contributed by atoms with Gasteiger partial charge in [-0.3, -0.25) is 9.59 Å². The van der Waals surface area contributed by atoms with Gasteiger partial charge in [-0.25, -0.2) is 0 Å². The molecular weight excluding hydrogens is 472 g/mol. The highest BCUT2D eigenvalue weighted by molar-refractivity contribution is 7.10. The smallest absolute Gasteiger partial charge is 0.254 e. The van der Waals surface area contributed by atoms with Gasteiger partial charge >= 0.3 is 0 Å². The van der Waals surface area contributed by atoms with Crippen molar-refractivity contribution in [2.75, 3.05) is 34.4 Å². The number of fused-ring (bicyclic) bond motifs is 1. The standard InChI is InChI=1S/C29H32N2O4S/c1-30-27(25-10-7-15-36-25)26(21-17-23(34-2)24(35-3)18-22(21)28(30)32)29(33)31-13-11-20(12-14-31)16-19-8-5-4-6-9-19/h4-10,15,17-18,20,26-27H,11-14,16H2,1-3H3/t26-,27-/m0/s1. The quantitative estimate of drug-likeness (QED) is 0.466. The topological polar surface area (TPSA) is 59.1 Å². The Labute approximate surface area is 216 Å². The van der Waals surface area contributed by atoms with Crippen LogP contribution >= 0.6 is 11.3 Å². The highest BCUT2D eigenvalue weighted by Gasteiger charge is 2.45. The van der Waals surface area contributed by atoms with Crippen molar-refractivity contribution < 1.29 is 19.1 Å². The van der Waals surface area contributed by atoms with Gasteiger partial charge in [0.05, 0.1) is 26.2 Å². The molecule has 2 aliphatic rings. The molecule has 36 heavy (non-hydrogen) atoms. The largest absolute Gasteiger partial charge is 0.493 e. The van der Waals surface area contributed by atoms with E-state index < -0.39 is 5.92 Å². The first kappa shape index (κ1) is 24.4. The Kier molecular flexibility index (Phi) is 7.01. The molecule has 1 aromatic heterocycles. The van der Waals surface area contributed by atoms with Gasteiger partial charge in [-0.15, -0.1) is 11.3 Å². The fraction of sp³-hybridized carbons (Fsp3) is 0.379. The molecule has 2 aliphatic heterocycles. The van der Waals surface area contributed by atoms with Crippen molar-refractivity contribution in [3.8, 4) is 11.5 Å². The summed E-state index contributed by atoms with van der Waals surface area (Å²) in [5.41, 5.74) is 2.56. The Morgan fingerprint density at radius 1 is 1.00 bits per heavy atom. The molecule has 5 rings (SSSR count). The van der Waals surface area contributed by atoms with E-state index in [2.05, 4.69) is 24.3 Å². The molecule has 1 saturated heterocycles. The van der Waals surface area contributed by atoms with E-state index in [0.29, 0.717) is 28.5 Å². The summed E-state index contributed by atoms with van der Waals surface area (Å²) in [5.74, 6) is 1.02. The molecule has 0 N–H and O–H groups in total. The molecule has 0 unspecified atom stereocenters. The van der Waals surface area contributed by atoms with E-state index >= 15 is 0 Å². The first-order valence-corrected chi connectivity index (χ1v) is 13.3. The second-order valence-electron chi connectivity index (χ2n) is 9.61. The minimum Gasteiger partial charge on any atom is -0.493 e. The summed E-state index contributed by atoms with van der Waals surface area (Å²) in [4.78, 5) is 32.4. The summed E-state index contributed by atoms with van der Waals surface area (Å²) in [5, 5.41) is 1.99. The number of nitrogens with zero attached hydrogens (tertiary/aromatic N) is 2. The molecule has 0 bridgehead atoms. The third-order valence-corrected chi connectivity index (χ3v) is 8.51. The zero-order valence-corrected chi connectivity index (χ0v) is 21.8. The third kappa shape index (κ3) is 4.48. The Balaban J connectivity index is 1.46. The van der Waals surface area contributed by atoms with Crippen LogP contribution < -0.4 is 9.47 Å². The summed E-state index contributed by atoms with van der Waals surface area (Å²) >= 11 is 1.58. The van der Waals surface area contributed by atoms with Crippen LogP contribution in [0.5, 0.6) is 11.5 Å². The second-order valence-corrected chi connectivity index (χ2v) is 10.6. The highest BCUT2D eigenvalue weighted by Crippen LogP contribution is 2.47. The Morgan fingerprint density at radius 3 is 2.33 bits per heavy atom. The van der Waals surface area contributed by atoms with Gasteiger partial charge in [0.2, 0.25) is 5.91 Å². The number of thiophene rings is 1. The number of hydrogen-bond donors (Lipinski definition) is 0. The average Bonchev–Trinajstić information content (AvgIpc) is 3.45. The molecular formula is C29H32N2O4S. The lowest BCUT2D eigenvalue weighted by Gasteiger charge is -2.42. The van der Waals surface area contributed by atoms with Gasteiger partial charge in [-0.05, 0) is 59.9 Å². The molecule has 3 aromatic rings. The van der Waals surface area contributed by atoms with Crippen molar-refractivity contribution in [3.05, 3.63) is 81.5 Å². The normalized spacial score (nSPS) is 20.2. The van der Waals surface area contributed by atoms with Crippen molar-refractivity contribution in [1.29, 1.82) is 0 Å². The SMILES string of the molecule is COc1cc2c(cc1OC)[C@H](C(=O)N1CCC(Cc3ccccc3)CC1)[C@H](c1cccs1)N(C)C2=O. The molecule has 2 atom stereocenters. The number of likely N-dealkylation sites (N-methyl/N-ethyl adjacent to an activating group) is 1. The van der Waals surface area contributed by atoms with Gasteiger partial charge < -0.3 is 19.3 Å². The monoisotopic (exact) mass is 504 g/mol. The molecule has 0 radical (unpaired) electrons. The molecule has 188 valence electrons. The molecule has 6 nitrogen and oxygen atoms in total. The van der Waals surface area contributed by atoms with Gasteiger partial charge in [0.1, 0.15) is 0 Å². The van der Waals surface area contributed by atoms with Gasteiger partial charge in [-0.2, -0.15) is 0 Å². The van der Waals surface area contributed by atoms with Crippen LogP contribution in [0.4, 0.5) is 0 Å². The minimum atomic E-state index is -0.508. The maximum Gasteiger partial charge on any atom is 0.254 e. The molecule has 1 fully saturated rings. The summed E-state index contributed by atoms with van der Waals surface area (Å²) < 4.78 is 11.0. The maximum atomic E-state index is 14.2. The van der Waals surface area contributed by atoms with Gasteiger partial charge in [-0.1, -0.05) is 36.4 Å². The van der Waals surface area contributed by atoms with E-state index in [4.69, 9.17) is 9.47 Å². The molecule has 0 spiro atoms. The number of methoxy groups -OCH3 is 2. The number of ether oxygens (including phenoxy) is 2. The van der Waals surface area contributed by atoms with Crippen molar-refractivity contribution in [2.45, 2.75) is 31.2 Å². The zero-order chi connectivity index (χ0) is 25.2. The fourth-order valence-corrected chi connectivity index (χ4v) is 6.54. The van der Waals surface area contributed by atoms with Crippen molar-refractivity contribution in [1.82, 2.24) is 9.80 Å². The predicted molar refractivity (Wildman–Crippen MR) is 141 cm³/mol. The van der Waals surface area contributed by atoms with Gasteiger partial charge in [0, 0.05) is 30.6 Å². The molecule has 2 amide bonds. The van der Waals surface area contributed by atoms with Gasteiger partial charge in [0.25, 0.3) is 5.91 Å². The lowest BCUT2D eigenvalue weighted by molar-refractivity contribution is -0.135. The second kappa shape index (κ2) is 10.3. The number of benzene rings is 2. The predicted octanol–water partition coefficient (Wildman–Crippen LogP) is 5.16. The molecule has 0 saturated carbocycles. The lowest BCUT2D eigenvalue weighted by atomic mass is 9.80. The molecule has 2 aromatic carbocycles. The minimum absolute atomic E-state index is 0.0689. The number of likely N-dealkylation sites (tertiary alicyclic amines) is 1. The number of hydrogen-bond acceptors (Lipinski definition) is 5. The third-order valence-electron chi connectivity index (χ3n) is 7.57. The fourth-order valence-electron chi connectivity index (χ4n) is 5.63. The van der Waals surface area contributed by atoms with Crippen LogP contribution in [0.25, 0.3) is 0 Å². The van der Waals surface area contributed by atoms with Crippen molar-refractivity contribution in [3.63, 3.8) is 0 Å². The van der Waals surface area contributed by atoms with E-state index in [9.17, 15) is 9.59 Å².